The maximum Gasteiger partial charge on any atom is 0.272 e. The van der Waals surface area contributed by atoms with Gasteiger partial charge in [-0.25, -0.2) is 5.43 Å². The smallest absolute Gasteiger partial charge is 0.272 e. The van der Waals surface area contributed by atoms with E-state index in [0.717, 1.165) is 16.9 Å². The van der Waals surface area contributed by atoms with Crippen molar-refractivity contribution in [3.63, 3.8) is 0 Å². The highest BCUT2D eigenvalue weighted by atomic mass is 35.5. The lowest BCUT2D eigenvalue weighted by Gasteiger charge is -2.08. The van der Waals surface area contributed by atoms with Crippen molar-refractivity contribution in [1.29, 1.82) is 0 Å². The zero-order chi connectivity index (χ0) is 16.9. The summed E-state index contributed by atoms with van der Waals surface area (Å²) in [5, 5.41) is 4.71. The molecule has 0 atom stereocenters. The normalized spacial score (nSPS) is 10.9. The number of aryl methyl sites for hydroxylation is 1. The summed E-state index contributed by atoms with van der Waals surface area (Å²) in [6.07, 6.45) is 6.59. The zero-order valence-corrected chi connectivity index (χ0v) is 13.7. The van der Waals surface area contributed by atoms with Crippen LogP contribution in [-0.2, 0) is 0 Å². The molecule has 0 radical (unpaired) electrons. The first-order valence-electron chi connectivity index (χ1n) is 7.32. The molecule has 0 saturated carbocycles. The first-order valence-corrected chi connectivity index (χ1v) is 7.70. The third kappa shape index (κ3) is 3.52. The van der Waals surface area contributed by atoms with Gasteiger partial charge in [0.05, 0.1) is 17.5 Å². The lowest BCUT2D eigenvalue weighted by Crippen LogP contribution is -2.17. The monoisotopic (exact) mass is 338 g/mol. The highest BCUT2D eigenvalue weighted by molar-refractivity contribution is 6.31. The molecule has 5 nitrogen and oxygen atoms in total. The van der Waals surface area contributed by atoms with Crippen LogP contribution in [0.2, 0.25) is 5.02 Å². The Kier molecular flexibility index (Phi) is 4.72. The minimum Gasteiger partial charge on any atom is -0.316 e. The van der Waals surface area contributed by atoms with E-state index in [4.69, 9.17) is 11.6 Å². The Morgan fingerprint density at radius 1 is 1.29 bits per heavy atom. The van der Waals surface area contributed by atoms with E-state index in [9.17, 15) is 4.79 Å². The van der Waals surface area contributed by atoms with Crippen LogP contribution in [-0.4, -0.2) is 21.7 Å². The molecule has 1 aromatic carbocycles. The summed E-state index contributed by atoms with van der Waals surface area (Å²) in [5.41, 5.74) is 5.71. The van der Waals surface area contributed by atoms with E-state index in [1.807, 2.05) is 48.0 Å². The Bertz CT molecular complexity index is 887. The highest BCUT2D eigenvalue weighted by Crippen LogP contribution is 2.20. The Hall–Kier alpha value is -2.92. The lowest BCUT2D eigenvalue weighted by atomic mass is 10.2. The van der Waals surface area contributed by atoms with Gasteiger partial charge in [0.1, 0.15) is 0 Å². The molecule has 0 bridgehead atoms. The number of hydrogen-bond acceptors (Lipinski definition) is 3. The summed E-state index contributed by atoms with van der Waals surface area (Å²) in [5.74, 6) is -0.309. The van der Waals surface area contributed by atoms with E-state index < -0.39 is 0 Å². The second kappa shape index (κ2) is 7.10. The van der Waals surface area contributed by atoms with E-state index in [1.54, 1.807) is 24.5 Å². The molecule has 1 amide bonds. The van der Waals surface area contributed by atoms with Crippen LogP contribution in [0.3, 0.4) is 0 Å². The highest BCUT2D eigenvalue weighted by Gasteiger charge is 2.05. The number of hydrogen-bond donors (Lipinski definition) is 1. The fourth-order valence-corrected chi connectivity index (χ4v) is 2.36. The average Bonchev–Trinajstić information content (AvgIpc) is 3.06. The van der Waals surface area contributed by atoms with Crippen LogP contribution >= 0.6 is 11.6 Å². The molecule has 0 unspecified atom stereocenters. The fraction of sp³-hybridized carbons (Fsp3) is 0.0556. The van der Waals surface area contributed by atoms with Gasteiger partial charge < -0.3 is 4.57 Å². The van der Waals surface area contributed by atoms with Crippen LogP contribution < -0.4 is 5.43 Å². The molecule has 6 heteroatoms. The Morgan fingerprint density at radius 2 is 2.17 bits per heavy atom. The average molecular weight is 339 g/mol. The minimum atomic E-state index is -0.309. The first kappa shape index (κ1) is 16.0. The van der Waals surface area contributed by atoms with Crippen molar-refractivity contribution in [3.8, 4) is 5.69 Å². The maximum absolute atomic E-state index is 11.9. The van der Waals surface area contributed by atoms with E-state index >= 15 is 0 Å². The van der Waals surface area contributed by atoms with Crippen molar-refractivity contribution in [2.24, 2.45) is 5.10 Å². The van der Waals surface area contributed by atoms with Gasteiger partial charge in [0.25, 0.3) is 5.91 Å². The number of aromatic nitrogens is 2. The first-order chi connectivity index (χ1) is 11.6. The van der Waals surface area contributed by atoms with Crippen LogP contribution in [0.4, 0.5) is 0 Å². The topological polar surface area (TPSA) is 59.3 Å². The Morgan fingerprint density at radius 3 is 2.92 bits per heavy atom. The third-order valence-corrected chi connectivity index (χ3v) is 3.91. The number of rotatable bonds is 4. The van der Waals surface area contributed by atoms with E-state index in [-0.39, 0.29) is 5.91 Å². The molecule has 0 aliphatic heterocycles. The number of carbonyl (C=O) groups is 1. The number of carbonyl (C=O) groups excluding carboxylic acids is 1. The number of amides is 1. The predicted octanol–water partition coefficient (Wildman–Crippen LogP) is 3.60. The van der Waals surface area contributed by atoms with Crippen LogP contribution in [0.1, 0.15) is 21.6 Å². The van der Waals surface area contributed by atoms with Crippen molar-refractivity contribution in [1.82, 2.24) is 15.0 Å². The molecule has 3 rings (SSSR count). The number of halogens is 1. The maximum atomic E-state index is 11.9. The van der Waals surface area contributed by atoms with Crippen LogP contribution in [0.5, 0.6) is 0 Å². The zero-order valence-electron chi connectivity index (χ0n) is 13.0. The van der Waals surface area contributed by atoms with E-state index in [2.05, 4.69) is 15.5 Å². The number of nitrogens with zero attached hydrogens (tertiary/aromatic N) is 3. The summed E-state index contributed by atoms with van der Waals surface area (Å²) < 4.78 is 1.94. The van der Waals surface area contributed by atoms with Crippen molar-refractivity contribution in [2.75, 3.05) is 0 Å². The van der Waals surface area contributed by atoms with Gasteiger partial charge in [0.2, 0.25) is 0 Å². The fourth-order valence-electron chi connectivity index (χ4n) is 2.18. The Balaban J connectivity index is 1.76. The van der Waals surface area contributed by atoms with Crippen LogP contribution in [0, 0.1) is 6.92 Å². The number of hydrazone groups is 1. The Labute approximate surface area is 144 Å². The van der Waals surface area contributed by atoms with Gasteiger partial charge in [-0.3, -0.25) is 9.78 Å². The van der Waals surface area contributed by atoms with Gasteiger partial charge in [-0.2, -0.15) is 5.10 Å². The molecule has 3 aromatic rings. The molecule has 120 valence electrons. The van der Waals surface area contributed by atoms with Crippen molar-refractivity contribution < 1.29 is 4.79 Å². The molecule has 24 heavy (non-hydrogen) atoms. The van der Waals surface area contributed by atoms with Crippen LogP contribution in [0.25, 0.3) is 5.69 Å². The molecular formula is C18H15ClN4O. The molecule has 2 heterocycles. The summed E-state index contributed by atoms with van der Waals surface area (Å²) in [4.78, 5) is 15.8. The predicted molar refractivity (Wildman–Crippen MR) is 94.8 cm³/mol. The summed E-state index contributed by atoms with van der Waals surface area (Å²) in [6, 6.07) is 13.0. The summed E-state index contributed by atoms with van der Waals surface area (Å²) >= 11 is 6.19. The SMILES string of the molecule is Cc1ccc(-n2cccc2/C=N\NC(=O)c2cccnc2)cc1Cl. The molecule has 0 saturated heterocycles. The number of pyridine rings is 1. The second-order valence-electron chi connectivity index (χ2n) is 5.18. The lowest BCUT2D eigenvalue weighted by molar-refractivity contribution is 0.0955. The number of benzene rings is 1. The molecular weight excluding hydrogens is 324 g/mol. The van der Waals surface area contributed by atoms with Gasteiger partial charge in [0, 0.05) is 29.3 Å². The van der Waals surface area contributed by atoms with Gasteiger partial charge in [-0.1, -0.05) is 17.7 Å². The summed E-state index contributed by atoms with van der Waals surface area (Å²) in [7, 11) is 0. The molecule has 2 aromatic heterocycles. The third-order valence-electron chi connectivity index (χ3n) is 3.50. The second-order valence-corrected chi connectivity index (χ2v) is 5.58. The van der Waals surface area contributed by atoms with Crippen molar-refractivity contribution in [2.45, 2.75) is 6.92 Å². The standard InChI is InChI=1S/C18H15ClN4O/c1-13-6-7-15(10-17(13)19)23-9-3-5-16(23)12-21-22-18(24)14-4-2-8-20-11-14/h2-12H,1H3,(H,22,24)/b21-12-. The number of nitrogens with one attached hydrogen (secondary N) is 1. The summed E-state index contributed by atoms with van der Waals surface area (Å²) in [6.45, 7) is 1.96. The van der Waals surface area contributed by atoms with Gasteiger partial charge in [-0.05, 0) is 48.9 Å². The minimum absolute atomic E-state index is 0.309. The largest absolute Gasteiger partial charge is 0.316 e. The van der Waals surface area contributed by atoms with Gasteiger partial charge in [-0.15, -0.1) is 0 Å². The quantitative estimate of drug-likeness (QED) is 0.583. The molecule has 1 N–H and O–H groups in total. The molecule has 0 aliphatic rings. The van der Waals surface area contributed by atoms with E-state index in [0.29, 0.717) is 10.6 Å². The van der Waals surface area contributed by atoms with Gasteiger partial charge in [0.15, 0.2) is 0 Å². The van der Waals surface area contributed by atoms with E-state index in [1.165, 1.54) is 6.20 Å². The van der Waals surface area contributed by atoms with Crippen molar-refractivity contribution >= 4 is 23.7 Å². The van der Waals surface area contributed by atoms with Gasteiger partial charge >= 0.3 is 0 Å². The molecule has 0 spiro atoms. The molecule has 0 aliphatic carbocycles. The van der Waals surface area contributed by atoms with Crippen LogP contribution in [0.15, 0.2) is 66.2 Å². The molecule has 0 fully saturated rings. The van der Waals surface area contributed by atoms with Crippen molar-refractivity contribution in [3.05, 3.63) is 82.9 Å².